The molecule has 0 radical (unpaired) electrons. The van der Waals surface area contributed by atoms with Gasteiger partial charge in [-0.25, -0.2) is 0 Å². The predicted molar refractivity (Wildman–Crippen MR) is 49.9 cm³/mol. The number of Topliss-reactive ketones (excluding diaryl/α,β-unsaturated/α-hetero) is 1. The summed E-state index contributed by atoms with van der Waals surface area (Å²) < 4.78 is 0. The molecule has 2 N–H and O–H groups in total. The number of ketones is 1. The van der Waals surface area contributed by atoms with E-state index in [9.17, 15) is 9.59 Å². The summed E-state index contributed by atoms with van der Waals surface area (Å²) in [5.74, 6) is -1.62. The lowest BCUT2D eigenvalue weighted by molar-refractivity contribution is -0.119. The number of hydrogen-bond donors (Lipinski definition) is 1. The third kappa shape index (κ3) is 2.43. The maximum absolute atomic E-state index is 11.3. The first kappa shape index (κ1) is 10.5. The van der Waals surface area contributed by atoms with Gasteiger partial charge in [0.2, 0.25) is 5.91 Å². The molecule has 1 aliphatic rings. The van der Waals surface area contributed by atoms with Crippen LogP contribution in [-0.2, 0) is 9.59 Å². The van der Waals surface area contributed by atoms with Crippen LogP contribution in [0.3, 0.4) is 0 Å². The highest BCUT2D eigenvalue weighted by atomic mass is 16.1. The molecule has 74 valence electrons. The van der Waals surface area contributed by atoms with E-state index in [-0.39, 0.29) is 5.78 Å². The summed E-state index contributed by atoms with van der Waals surface area (Å²) in [6.07, 6.45) is 4.41. The maximum atomic E-state index is 11.3. The molecule has 1 unspecified atom stereocenters. The Bertz CT molecular complexity index is 326. The first-order valence-corrected chi connectivity index (χ1v) is 4.58. The van der Waals surface area contributed by atoms with Crippen LogP contribution >= 0.6 is 0 Å². The number of amides is 1. The van der Waals surface area contributed by atoms with E-state index in [1.165, 1.54) is 6.08 Å². The molecule has 0 heterocycles. The van der Waals surface area contributed by atoms with E-state index in [1.807, 2.05) is 0 Å². The van der Waals surface area contributed by atoms with Crippen molar-refractivity contribution < 1.29 is 9.59 Å². The van der Waals surface area contributed by atoms with Crippen molar-refractivity contribution >= 4 is 11.7 Å². The minimum atomic E-state index is -0.966. The van der Waals surface area contributed by atoms with E-state index in [2.05, 4.69) is 0 Å². The fraction of sp³-hybridized carbons (Fsp3) is 0.500. The molecule has 0 aromatic heterocycles. The van der Waals surface area contributed by atoms with Gasteiger partial charge >= 0.3 is 0 Å². The average Bonchev–Trinajstić information content (AvgIpc) is 2.16. The molecule has 1 aliphatic carbocycles. The van der Waals surface area contributed by atoms with Gasteiger partial charge in [0.1, 0.15) is 5.92 Å². The predicted octanol–water partition coefficient (Wildman–Crippen LogP) is 0.681. The maximum Gasteiger partial charge on any atom is 0.238 e. The summed E-state index contributed by atoms with van der Waals surface area (Å²) in [5, 5.41) is 8.61. The number of nitrogens with zero attached hydrogens (tertiary/aromatic N) is 1. The van der Waals surface area contributed by atoms with Gasteiger partial charge in [-0.15, -0.1) is 0 Å². The van der Waals surface area contributed by atoms with Gasteiger partial charge in [-0.3, -0.25) is 9.59 Å². The molecule has 0 aliphatic heterocycles. The topological polar surface area (TPSA) is 83.9 Å². The Hall–Kier alpha value is -1.63. The van der Waals surface area contributed by atoms with Gasteiger partial charge in [0, 0.05) is 6.42 Å². The van der Waals surface area contributed by atoms with Crippen molar-refractivity contribution in [1.82, 2.24) is 0 Å². The van der Waals surface area contributed by atoms with Crippen molar-refractivity contribution in [2.24, 2.45) is 11.7 Å². The highest BCUT2D eigenvalue weighted by molar-refractivity contribution is 5.97. The van der Waals surface area contributed by atoms with E-state index in [0.717, 1.165) is 12.8 Å². The quantitative estimate of drug-likeness (QED) is 0.653. The van der Waals surface area contributed by atoms with Crippen LogP contribution in [-0.4, -0.2) is 11.7 Å². The fourth-order valence-electron chi connectivity index (χ4n) is 1.46. The van der Waals surface area contributed by atoms with Gasteiger partial charge in [-0.2, -0.15) is 5.26 Å². The lowest BCUT2D eigenvalue weighted by Gasteiger charge is -2.12. The van der Waals surface area contributed by atoms with Crippen molar-refractivity contribution in [3.05, 3.63) is 11.6 Å². The zero-order valence-electron chi connectivity index (χ0n) is 7.82. The summed E-state index contributed by atoms with van der Waals surface area (Å²) in [6.45, 7) is 0. The molecular formula is C10H12N2O2. The van der Waals surface area contributed by atoms with Crippen molar-refractivity contribution in [3.63, 3.8) is 0 Å². The van der Waals surface area contributed by atoms with Crippen LogP contribution in [0.5, 0.6) is 0 Å². The number of primary amides is 1. The van der Waals surface area contributed by atoms with Gasteiger partial charge in [-0.1, -0.05) is 6.08 Å². The van der Waals surface area contributed by atoms with Crippen LogP contribution in [0, 0.1) is 17.2 Å². The number of carbonyl (C=O) groups is 2. The largest absolute Gasteiger partial charge is 0.368 e. The van der Waals surface area contributed by atoms with Gasteiger partial charge in [0.05, 0.1) is 6.07 Å². The molecule has 4 nitrogen and oxygen atoms in total. The summed E-state index contributed by atoms with van der Waals surface area (Å²) in [4.78, 5) is 22.1. The first-order valence-electron chi connectivity index (χ1n) is 4.58. The van der Waals surface area contributed by atoms with Gasteiger partial charge < -0.3 is 5.73 Å². The second-order valence-corrected chi connectivity index (χ2v) is 3.33. The summed E-state index contributed by atoms with van der Waals surface area (Å²) in [5.41, 5.74) is 5.58. The lowest BCUT2D eigenvalue weighted by atomic mass is 9.91. The zero-order chi connectivity index (χ0) is 10.6. The van der Waals surface area contributed by atoms with Crippen molar-refractivity contribution in [3.8, 4) is 6.07 Å². The molecule has 0 spiro atoms. The Kier molecular flexibility index (Phi) is 3.41. The van der Waals surface area contributed by atoms with Gasteiger partial charge in [0.15, 0.2) is 5.78 Å². The Labute approximate surface area is 82.4 Å². The Morgan fingerprint density at radius 1 is 1.50 bits per heavy atom. The molecule has 0 aromatic carbocycles. The number of nitriles is 1. The molecule has 0 bridgehead atoms. The normalized spacial score (nSPS) is 21.6. The number of rotatable bonds is 2. The highest BCUT2D eigenvalue weighted by Crippen LogP contribution is 2.21. The molecule has 0 saturated heterocycles. The van der Waals surface area contributed by atoms with E-state index in [1.54, 1.807) is 6.07 Å². The Morgan fingerprint density at radius 3 is 2.64 bits per heavy atom. The number of hydrogen-bond acceptors (Lipinski definition) is 3. The van der Waals surface area contributed by atoms with Crippen molar-refractivity contribution in [2.75, 3.05) is 0 Å². The average molecular weight is 192 g/mol. The van der Waals surface area contributed by atoms with E-state index >= 15 is 0 Å². The smallest absolute Gasteiger partial charge is 0.238 e. The summed E-state index contributed by atoms with van der Waals surface area (Å²) in [7, 11) is 0. The number of allylic oxidation sites excluding steroid dienone is 1. The van der Waals surface area contributed by atoms with Crippen molar-refractivity contribution in [1.29, 1.82) is 5.26 Å². The molecule has 1 fully saturated rings. The molecular weight excluding hydrogens is 180 g/mol. The van der Waals surface area contributed by atoms with Crippen LogP contribution in [0.4, 0.5) is 0 Å². The van der Waals surface area contributed by atoms with Crippen molar-refractivity contribution in [2.45, 2.75) is 25.7 Å². The standard InChI is InChI=1S/C10H12N2O2/c11-6-8(10(12)14)5-7-3-1-2-4-9(7)13/h5,8H,1-4H2,(H2,12,14)/b7-5-. The van der Waals surface area contributed by atoms with Crippen LogP contribution < -0.4 is 5.73 Å². The lowest BCUT2D eigenvalue weighted by Crippen LogP contribution is -2.21. The van der Waals surface area contributed by atoms with E-state index in [0.29, 0.717) is 18.4 Å². The zero-order valence-corrected chi connectivity index (χ0v) is 7.82. The third-order valence-electron chi connectivity index (χ3n) is 2.27. The van der Waals surface area contributed by atoms with Crippen LogP contribution in [0.25, 0.3) is 0 Å². The van der Waals surface area contributed by atoms with Gasteiger partial charge in [0.25, 0.3) is 0 Å². The molecule has 14 heavy (non-hydrogen) atoms. The van der Waals surface area contributed by atoms with Crippen LogP contribution in [0.1, 0.15) is 25.7 Å². The minimum Gasteiger partial charge on any atom is -0.368 e. The third-order valence-corrected chi connectivity index (χ3v) is 2.27. The SMILES string of the molecule is N#CC(/C=C1/CCCCC1=O)C(N)=O. The molecule has 1 rings (SSSR count). The number of carbonyl (C=O) groups excluding carboxylic acids is 2. The first-order chi connectivity index (χ1) is 6.65. The van der Waals surface area contributed by atoms with Gasteiger partial charge in [-0.05, 0) is 24.8 Å². The highest BCUT2D eigenvalue weighted by Gasteiger charge is 2.18. The second-order valence-electron chi connectivity index (χ2n) is 3.33. The number of nitrogens with two attached hydrogens (primary N) is 1. The summed E-state index contributed by atoms with van der Waals surface area (Å²) in [6, 6.07) is 1.77. The molecule has 1 atom stereocenters. The molecule has 1 amide bonds. The van der Waals surface area contributed by atoms with E-state index in [4.69, 9.17) is 11.0 Å². The summed E-state index contributed by atoms with van der Waals surface area (Å²) >= 11 is 0. The molecule has 1 saturated carbocycles. The monoisotopic (exact) mass is 192 g/mol. The van der Waals surface area contributed by atoms with Crippen LogP contribution in [0.2, 0.25) is 0 Å². The van der Waals surface area contributed by atoms with E-state index < -0.39 is 11.8 Å². The Morgan fingerprint density at radius 2 is 2.14 bits per heavy atom. The minimum absolute atomic E-state index is 0.0396. The fourth-order valence-corrected chi connectivity index (χ4v) is 1.46. The molecule has 0 aromatic rings. The van der Waals surface area contributed by atoms with Crippen LogP contribution in [0.15, 0.2) is 11.6 Å². The molecule has 4 heteroatoms. The Balaban J connectivity index is 2.79. The second kappa shape index (κ2) is 4.56.